The third-order valence-corrected chi connectivity index (χ3v) is 5.25. The number of carbonyl (C=O) groups is 2. The second-order valence-corrected chi connectivity index (χ2v) is 7.35. The standard InChI is InChI=1S/C23H28N2O4/c1-4-28-23(27)29-18-12-15(2)19(16(3)13-18)14-20(24)22(26)25-11-7-9-17-8-5-6-10-21(17)25/h5-6,8,10,12-13,20H,4,7,9,11,14,24H2,1-3H3. The molecule has 0 aromatic heterocycles. The molecular weight excluding hydrogens is 368 g/mol. The topological polar surface area (TPSA) is 81.9 Å². The summed E-state index contributed by atoms with van der Waals surface area (Å²) in [7, 11) is 0. The van der Waals surface area contributed by atoms with Crippen molar-refractivity contribution in [3.63, 3.8) is 0 Å². The van der Waals surface area contributed by atoms with Gasteiger partial charge >= 0.3 is 6.16 Å². The average molecular weight is 396 g/mol. The molecule has 2 aromatic carbocycles. The molecule has 1 heterocycles. The summed E-state index contributed by atoms with van der Waals surface area (Å²) in [6, 6.07) is 10.9. The van der Waals surface area contributed by atoms with Crippen molar-refractivity contribution in [3.05, 3.63) is 58.7 Å². The Kier molecular flexibility index (Phi) is 6.54. The molecule has 0 bridgehead atoms. The number of benzene rings is 2. The van der Waals surface area contributed by atoms with Crippen LogP contribution in [-0.2, 0) is 22.4 Å². The van der Waals surface area contributed by atoms with E-state index in [1.807, 2.05) is 36.9 Å². The van der Waals surface area contributed by atoms with Crippen molar-refractivity contribution >= 4 is 17.7 Å². The molecule has 1 atom stereocenters. The van der Waals surface area contributed by atoms with Gasteiger partial charge in [0.05, 0.1) is 12.6 Å². The van der Waals surface area contributed by atoms with Crippen molar-refractivity contribution < 1.29 is 19.1 Å². The van der Waals surface area contributed by atoms with Gasteiger partial charge in [0, 0.05) is 12.2 Å². The van der Waals surface area contributed by atoms with Crippen molar-refractivity contribution in [1.82, 2.24) is 0 Å². The van der Waals surface area contributed by atoms with Crippen LogP contribution < -0.4 is 15.4 Å². The maximum atomic E-state index is 13.1. The van der Waals surface area contributed by atoms with Crippen LogP contribution in [0.25, 0.3) is 0 Å². The molecule has 2 aromatic rings. The molecule has 1 aliphatic heterocycles. The van der Waals surface area contributed by atoms with Gasteiger partial charge in [0.2, 0.25) is 5.91 Å². The molecular formula is C23H28N2O4. The van der Waals surface area contributed by atoms with Crippen LogP contribution in [0.15, 0.2) is 36.4 Å². The highest BCUT2D eigenvalue weighted by Crippen LogP contribution is 2.28. The summed E-state index contributed by atoms with van der Waals surface area (Å²) in [5, 5.41) is 0. The van der Waals surface area contributed by atoms with Crippen molar-refractivity contribution in [1.29, 1.82) is 0 Å². The lowest BCUT2D eigenvalue weighted by atomic mass is 9.94. The lowest BCUT2D eigenvalue weighted by molar-refractivity contribution is -0.119. The van der Waals surface area contributed by atoms with Crippen LogP contribution in [0.5, 0.6) is 5.75 Å². The van der Waals surface area contributed by atoms with Crippen LogP contribution in [0.4, 0.5) is 10.5 Å². The highest BCUT2D eigenvalue weighted by atomic mass is 16.7. The fraction of sp³-hybridized carbons (Fsp3) is 0.391. The SMILES string of the molecule is CCOC(=O)Oc1cc(C)c(CC(N)C(=O)N2CCCc3ccccc32)c(C)c1. The molecule has 1 amide bonds. The van der Waals surface area contributed by atoms with Gasteiger partial charge in [-0.15, -0.1) is 0 Å². The Morgan fingerprint density at radius 1 is 1.17 bits per heavy atom. The number of hydrogen-bond donors (Lipinski definition) is 1. The van der Waals surface area contributed by atoms with E-state index in [2.05, 4.69) is 6.07 Å². The zero-order valence-corrected chi connectivity index (χ0v) is 17.2. The molecule has 1 aliphatic rings. The van der Waals surface area contributed by atoms with Crippen molar-refractivity contribution in [2.75, 3.05) is 18.1 Å². The van der Waals surface area contributed by atoms with Crippen LogP contribution in [0, 0.1) is 13.8 Å². The highest BCUT2D eigenvalue weighted by Gasteiger charge is 2.27. The van der Waals surface area contributed by atoms with Gasteiger partial charge in [-0.3, -0.25) is 4.79 Å². The van der Waals surface area contributed by atoms with Gasteiger partial charge in [-0.1, -0.05) is 18.2 Å². The van der Waals surface area contributed by atoms with E-state index in [-0.39, 0.29) is 12.5 Å². The zero-order valence-electron chi connectivity index (χ0n) is 17.2. The number of hydrogen-bond acceptors (Lipinski definition) is 5. The molecule has 154 valence electrons. The fourth-order valence-electron chi connectivity index (χ4n) is 3.85. The van der Waals surface area contributed by atoms with E-state index in [0.29, 0.717) is 18.7 Å². The first kappa shape index (κ1) is 20.9. The van der Waals surface area contributed by atoms with Crippen LogP contribution in [-0.4, -0.2) is 31.3 Å². The Morgan fingerprint density at radius 2 is 1.86 bits per heavy atom. The lowest BCUT2D eigenvalue weighted by Gasteiger charge is -2.31. The summed E-state index contributed by atoms with van der Waals surface area (Å²) in [6.07, 6.45) is 1.62. The minimum atomic E-state index is -0.727. The number of nitrogens with zero attached hydrogens (tertiary/aromatic N) is 1. The predicted molar refractivity (Wildman–Crippen MR) is 112 cm³/mol. The van der Waals surface area contributed by atoms with Crippen molar-refractivity contribution in [2.45, 2.75) is 46.1 Å². The van der Waals surface area contributed by atoms with Crippen molar-refractivity contribution in [2.24, 2.45) is 5.73 Å². The molecule has 29 heavy (non-hydrogen) atoms. The Balaban J connectivity index is 1.74. The summed E-state index contributed by atoms with van der Waals surface area (Å²) in [6.45, 7) is 6.51. The number of carbonyl (C=O) groups excluding carboxylic acids is 2. The van der Waals surface area contributed by atoms with Gasteiger partial charge in [0.25, 0.3) is 0 Å². The largest absolute Gasteiger partial charge is 0.513 e. The summed E-state index contributed by atoms with van der Waals surface area (Å²) in [5.74, 6) is 0.356. The number of nitrogens with two attached hydrogens (primary N) is 1. The average Bonchev–Trinajstić information content (AvgIpc) is 2.69. The first-order valence-corrected chi connectivity index (χ1v) is 10.00. The van der Waals surface area contributed by atoms with Gasteiger partial charge in [-0.05, 0) is 80.5 Å². The monoisotopic (exact) mass is 396 g/mol. The van der Waals surface area contributed by atoms with Gasteiger partial charge in [-0.25, -0.2) is 4.79 Å². The summed E-state index contributed by atoms with van der Waals surface area (Å²) < 4.78 is 10.0. The van der Waals surface area contributed by atoms with Crippen LogP contribution in [0.2, 0.25) is 0 Å². The maximum absolute atomic E-state index is 13.1. The van der Waals surface area contributed by atoms with Crippen LogP contribution >= 0.6 is 0 Å². The molecule has 0 radical (unpaired) electrons. The number of para-hydroxylation sites is 1. The van der Waals surface area contributed by atoms with Gasteiger partial charge < -0.3 is 20.1 Å². The van der Waals surface area contributed by atoms with E-state index in [4.69, 9.17) is 15.2 Å². The number of ether oxygens (including phenoxy) is 2. The molecule has 0 spiro atoms. The molecule has 6 heteroatoms. The van der Waals surface area contributed by atoms with Gasteiger partial charge in [-0.2, -0.15) is 0 Å². The van der Waals surface area contributed by atoms with Crippen molar-refractivity contribution in [3.8, 4) is 5.75 Å². The Labute approximate surface area is 171 Å². The molecule has 0 aliphatic carbocycles. The number of aryl methyl sites for hydroxylation is 3. The first-order valence-electron chi connectivity index (χ1n) is 10.00. The highest BCUT2D eigenvalue weighted by molar-refractivity contribution is 5.98. The fourth-order valence-corrected chi connectivity index (χ4v) is 3.85. The summed E-state index contributed by atoms with van der Waals surface area (Å²) in [4.78, 5) is 26.4. The van der Waals surface area contributed by atoms with E-state index in [1.165, 1.54) is 5.56 Å². The summed E-state index contributed by atoms with van der Waals surface area (Å²) in [5.41, 5.74) is 11.3. The third kappa shape index (κ3) is 4.77. The maximum Gasteiger partial charge on any atom is 0.513 e. The first-order chi connectivity index (χ1) is 13.9. The molecule has 0 saturated carbocycles. The smallest absolute Gasteiger partial charge is 0.434 e. The van der Waals surface area contributed by atoms with E-state index in [0.717, 1.165) is 35.2 Å². The second-order valence-electron chi connectivity index (χ2n) is 7.35. The predicted octanol–water partition coefficient (Wildman–Crippen LogP) is 3.69. The van der Waals surface area contributed by atoms with Crippen LogP contribution in [0.3, 0.4) is 0 Å². The number of rotatable bonds is 5. The number of fused-ring (bicyclic) bond motifs is 1. The zero-order chi connectivity index (χ0) is 21.0. The number of amides is 1. The molecule has 3 rings (SSSR count). The lowest BCUT2D eigenvalue weighted by Crippen LogP contribution is -2.47. The van der Waals surface area contributed by atoms with Gasteiger partial charge in [0.15, 0.2) is 0 Å². The van der Waals surface area contributed by atoms with E-state index >= 15 is 0 Å². The molecule has 1 unspecified atom stereocenters. The normalized spacial score (nSPS) is 14.1. The molecule has 0 fully saturated rings. The number of anilines is 1. The van der Waals surface area contributed by atoms with E-state index in [9.17, 15) is 9.59 Å². The Bertz CT molecular complexity index is 886. The third-order valence-electron chi connectivity index (χ3n) is 5.25. The van der Waals surface area contributed by atoms with E-state index < -0.39 is 12.2 Å². The quantitative estimate of drug-likeness (QED) is 0.616. The van der Waals surface area contributed by atoms with E-state index in [1.54, 1.807) is 19.1 Å². The molecule has 0 saturated heterocycles. The molecule has 2 N–H and O–H groups in total. The summed E-state index contributed by atoms with van der Waals surface area (Å²) >= 11 is 0. The minimum Gasteiger partial charge on any atom is -0.434 e. The Hall–Kier alpha value is -2.86. The minimum absolute atomic E-state index is 0.0669. The Morgan fingerprint density at radius 3 is 2.55 bits per heavy atom. The van der Waals surface area contributed by atoms with Gasteiger partial charge in [0.1, 0.15) is 5.75 Å². The van der Waals surface area contributed by atoms with Crippen LogP contribution in [0.1, 0.15) is 35.6 Å². The molecule has 6 nitrogen and oxygen atoms in total. The second kappa shape index (κ2) is 9.09.